The van der Waals surface area contributed by atoms with Crippen LogP contribution in [0.1, 0.15) is 31.2 Å². The average molecular weight is 378 g/mol. The number of hydrogen-bond donors (Lipinski definition) is 2. The minimum Gasteiger partial charge on any atom is -0.482 e. The van der Waals surface area contributed by atoms with Gasteiger partial charge in [0.15, 0.2) is 11.6 Å². The molecule has 2 heterocycles. The van der Waals surface area contributed by atoms with Crippen LogP contribution in [-0.2, 0) is 17.9 Å². The lowest BCUT2D eigenvalue weighted by Gasteiger charge is -2.09. The standard InChI is InChI=1S/C18H17ClFN3O3/c1-18(3-4-18)17(24)21-8-12-6-10-7-13(19)16(14(20)15(10)22-12)25-9-11-2-5-26-23-11/h2,5-7,22H,3-4,8-9H2,1H3,(H,21,24). The molecule has 0 atom stereocenters. The maximum absolute atomic E-state index is 14.8. The van der Waals surface area contributed by atoms with E-state index in [0.29, 0.717) is 23.3 Å². The summed E-state index contributed by atoms with van der Waals surface area (Å²) in [5.74, 6) is -0.612. The van der Waals surface area contributed by atoms with Crippen molar-refractivity contribution in [2.75, 3.05) is 0 Å². The van der Waals surface area contributed by atoms with Gasteiger partial charge in [0.1, 0.15) is 18.6 Å². The molecule has 136 valence electrons. The number of fused-ring (bicyclic) bond motifs is 1. The Bertz CT molecular complexity index is 964. The quantitative estimate of drug-likeness (QED) is 0.681. The summed E-state index contributed by atoms with van der Waals surface area (Å²) < 4.78 is 25.0. The monoisotopic (exact) mass is 377 g/mol. The van der Waals surface area contributed by atoms with Gasteiger partial charge in [-0.25, -0.2) is 4.39 Å². The number of ether oxygens (including phenoxy) is 1. The second kappa shape index (κ2) is 6.32. The first-order chi connectivity index (χ1) is 12.5. The number of H-pyrrole nitrogens is 1. The number of nitrogens with one attached hydrogen (secondary N) is 2. The van der Waals surface area contributed by atoms with E-state index in [1.54, 1.807) is 18.2 Å². The minimum absolute atomic E-state index is 0.0197. The summed E-state index contributed by atoms with van der Waals surface area (Å²) in [4.78, 5) is 15.0. The van der Waals surface area contributed by atoms with E-state index in [1.807, 2.05) is 6.92 Å². The topological polar surface area (TPSA) is 80.2 Å². The summed E-state index contributed by atoms with van der Waals surface area (Å²) in [5.41, 5.74) is 1.26. The Kier molecular flexibility index (Phi) is 4.11. The van der Waals surface area contributed by atoms with Crippen LogP contribution in [-0.4, -0.2) is 16.0 Å². The molecule has 0 aliphatic heterocycles. The minimum atomic E-state index is -0.581. The molecular formula is C18H17ClFN3O3. The highest BCUT2D eigenvalue weighted by Gasteiger charge is 2.44. The van der Waals surface area contributed by atoms with E-state index in [1.165, 1.54) is 6.26 Å². The molecule has 0 bridgehead atoms. The van der Waals surface area contributed by atoms with Gasteiger partial charge in [-0.2, -0.15) is 0 Å². The Morgan fingerprint density at radius 3 is 3.00 bits per heavy atom. The molecule has 1 aliphatic rings. The predicted octanol–water partition coefficient (Wildman–Crippen LogP) is 3.94. The van der Waals surface area contributed by atoms with E-state index < -0.39 is 5.82 Å². The molecule has 0 unspecified atom stereocenters. The van der Waals surface area contributed by atoms with Crippen LogP contribution in [0.4, 0.5) is 4.39 Å². The maximum Gasteiger partial charge on any atom is 0.226 e. The van der Waals surface area contributed by atoms with Gasteiger partial charge in [-0.1, -0.05) is 23.7 Å². The fourth-order valence-corrected chi connectivity index (χ4v) is 2.99. The van der Waals surface area contributed by atoms with Crippen LogP contribution >= 0.6 is 11.6 Å². The molecule has 0 radical (unpaired) electrons. The first-order valence-corrected chi connectivity index (χ1v) is 8.64. The Balaban J connectivity index is 1.53. The highest BCUT2D eigenvalue weighted by molar-refractivity contribution is 6.32. The number of hydrogen-bond acceptors (Lipinski definition) is 4. The third-order valence-electron chi connectivity index (χ3n) is 4.67. The van der Waals surface area contributed by atoms with Gasteiger partial charge < -0.3 is 19.6 Å². The second-order valence-corrected chi connectivity index (χ2v) is 7.19. The SMILES string of the molecule is CC1(C(=O)NCc2cc3cc(Cl)c(OCc4ccon4)c(F)c3[nH]2)CC1. The van der Waals surface area contributed by atoms with Gasteiger partial charge in [0, 0.05) is 22.6 Å². The van der Waals surface area contributed by atoms with Crippen LogP contribution in [0.15, 0.2) is 29.0 Å². The van der Waals surface area contributed by atoms with Gasteiger partial charge in [0.25, 0.3) is 0 Å². The highest BCUT2D eigenvalue weighted by atomic mass is 35.5. The maximum atomic E-state index is 14.8. The molecular weight excluding hydrogens is 361 g/mol. The summed E-state index contributed by atoms with van der Waals surface area (Å²) in [5, 5.41) is 7.37. The largest absolute Gasteiger partial charge is 0.482 e. The van der Waals surface area contributed by atoms with Crippen LogP contribution in [0.25, 0.3) is 10.9 Å². The van der Waals surface area contributed by atoms with Crippen LogP contribution in [0.5, 0.6) is 5.75 Å². The molecule has 3 aromatic rings. The smallest absolute Gasteiger partial charge is 0.226 e. The van der Waals surface area contributed by atoms with E-state index in [0.717, 1.165) is 12.8 Å². The fraction of sp³-hybridized carbons (Fsp3) is 0.333. The first-order valence-electron chi connectivity index (χ1n) is 8.26. The van der Waals surface area contributed by atoms with Crippen molar-refractivity contribution in [2.45, 2.75) is 32.9 Å². The number of halogens is 2. The van der Waals surface area contributed by atoms with Crippen molar-refractivity contribution in [3.63, 3.8) is 0 Å². The van der Waals surface area contributed by atoms with E-state index in [2.05, 4.69) is 15.5 Å². The number of nitrogens with zero attached hydrogens (tertiary/aromatic N) is 1. The lowest BCUT2D eigenvalue weighted by molar-refractivity contribution is -0.125. The molecule has 8 heteroatoms. The number of aromatic nitrogens is 2. The molecule has 6 nitrogen and oxygen atoms in total. The second-order valence-electron chi connectivity index (χ2n) is 6.78. The third-order valence-corrected chi connectivity index (χ3v) is 4.95. The van der Waals surface area contributed by atoms with Crippen molar-refractivity contribution in [3.8, 4) is 5.75 Å². The predicted molar refractivity (Wildman–Crippen MR) is 93.3 cm³/mol. The van der Waals surface area contributed by atoms with E-state index >= 15 is 0 Å². The zero-order valence-electron chi connectivity index (χ0n) is 14.1. The summed E-state index contributed by atoms with van der Waals surface area (Å²) in [6, 6.07) is 5.02. The number of amides is 1. The Morgan fingerprint density at radius 1 is 1.50 bits per heavy atom. The number of aromatic amines is 1. The molecule has 1 amide bonds. The normalized spacial score (nSPS) is 15.2. The van der Waals surface area contributed by atoms with Crippen LogP contribution in [0.2, 0.25) is 5.02 Å². The zero-order chi connectivity index (χ0) is 18.3. The first kappa shape index (κ1) is 16.9. The Morgan fingerprint density at radius 2 is 2.31 bits per heavy atom. The molecule has 0 spiro atoms. The van der Waals surface area contributed by atoms with Crippen LogP contribution < -0.4 is 10.1 Å². The van der Waals surface area contributed by atoms with Crippen molar-refractivity contribution in [1.82, 2.24) is 15.5 Å². The average Bonchev–Trinajstić information content (AvgIpc) is 3.01. The lowest BCUT2D eigenvalue weighted by Crippen LogP contribution is -2.29. The van der Waals surface area contributed by atoms with Gasteiger partial charge in [-0.05, 0) is 25.0 Å². The molecule has 1 aliphatic carbocycles. The van der Waals surface area contributed by atoms with E-state index in [-0.39, 0.29) is 34.2 Å². The summed E-state index contributed by atoms with van der Waals surface area (Å²) in [6.45, 7) is 2.28. The van der Waals surface area contributed by atoms with Crippen molar-refractivity contribution < 1.29 is 18.4 Å². The van der Waals surface area contributed by atoms with Gasteiger partial charge >= 0.3 is 0 Å². The summed E-state index contributed by atoms with van der Waals surface area (Å²) in [6.07, 6.45) is 3.22. The number of carbonyl (C=O) groups is 1. The molecule has 1 fully saturated rings. The van der Waals surface area contributed by atoms with Gasteiger partial charge in [-0.3, -0.25) is 4.79 Å². The molecule has 2 aromatic heterocycles. The third kappa shape index (κ3) is 3.14. The van der Waals surface area contributed by atoms with Gasteiger partial charge in [-0.15, -0.1) is 0 Å². The van der Waals surface area contributed by atoms with E-state index in [9.17, 15) is 9.18 Å². The number of rotatable bonds is 6. The number of benzene rings is 1. The molecule has 4 rings (SSSR count). The zero-order valence-corrected chi connectivity index (χ0v) is 14.8. The molecule has 26 heavy (non-hydrogen) atoms. The molecule has 1 aromatic carbocycles. The van der Waals surface area contributed by atoms with Crippen molar-refractivity contribution in [2.24, 2.45) is 5.41 Å². The Labute approximate surface area is 153 Å². The summed E-state index contributed by atoms with van der Waals surface area (Å²) in [7, 11) is 0. The highest BCUT2D eigenvalue weighted by Crippen LogP contribution is 2.45. The van der Waals surface area contributed by atoms with Crippen molar-refractivity contribution in [1.29, 1.82) is 0 Å². The van der Waals surface area contributed by atoms with Gasteiger partial charge in [0.05, 0.1) is 17.1 Å². The van der Waals surface area contributed by atoms with Gasteiger partial charge in [0.2, 0.25) is 5.91 Å². The van der Waals surface area contributed by atoms with E-state index in [4.69, 9.17) is 20.9 Å². The Hall–Kier alpha value is -2.54. The van der Waals surface area contributed by atoms with Crippen molar-refractivity contribution in [3.05, 3.63) is 46.7 Å². The molecule has 1 saturated carbocycles. The molecule has 0 saturated heterocycles. The van der Waals surface area contributed by atoms with Crippen molar-refractivity contribution >= 4 is 28.4 Å². The van der Waals surface area contributed by atoms with Crippen LogP contribution in [0, 0.1) is 11.2 Å². The number of carbonyl (C=O) groups excluding carboxylic acids is 1. The fourth-order valence-electron chi connectivity index (χ4n) is 2.73. The van der Waals surface area contributed by atoms with Crippen LogP contribution in [0.3, 0.4) is 0 Å². The lowest BCUT2D eigenvalue weighted by atomic mass is 10.1. The summed E-state index contributed by atoms with van der Waals surface area (Å²) >= 11 is 6.16. The molecule has 2 N–H and O–H groups in total.